The molecule has 5 heteroatoms. The molecular weight excluding hydrogens is 398 g/mol. The van der Waals surface area contributed by atoms with Gasteiger partial charge in [-0.3, -0.25) is 9.69 Å². The average molecular weight is 440 g/mol. The lowest BCUT2D eigenvalue weighted by molar-refractivity contribution is -0.129. The van der Waals surface area contributed by atoms with E-state index in [-0.39, 0.29) is 5.91 Å². The number of ether oxygens (including phenoxy) is 1. The molecule has 4 aliphatic carbocycles. The molecule has 1 aromatic rings. The van der Waals surface area contributed by atoms with Gasteiger partial charge in [0.05, 0.1) is 5.41 Å². The zero-order valence-corrected chi connectivity index (χ0v) is 20.2. The molecule has 0 radical (unpaired) electrons. The second-order valence-corrected chi connectivity index (χ2v) is 11.6. The van der Waals surface area contributed by atoms with Gasteiger partial charge in [0.25, 0.3) is 0 Å². The van der Waals surface area contributed by atoms with Crippen molar-refractivity contribution in [3.8, 4) is 5.75 Å². The molecule has 4 saturated carbocycles. The van der Waals surface area contributed by atoms with Gasteiger partial charge in [0.1, 0.15) is 12.4 Å². The van der Waals surface area contributed by atoms with Gasteiger partial charge < -0.3 is 15.0 Å². The predicted octanol–water partition coefficient (Wildman–Crippen LogP) is 3.53. The van der Waals surface area contributed by atoms with Crippen LogP contribution in [-0.4, -0.2) is 68.1 Å². The lowest BCUT2D eigenvalue weighted by atomic mass is 9.54. The van der Waals surface area contributed by atoms with Crippen LogP contribution in [0, 0.1) is 23.7 Å². The molecule has 1 heterocycles. The van der Waals surface area contributed by atoms with Crippen LogP contribution in [-0.2, 0) is 10.2 Å². The van der Waals surface area contributed by atoms with Crippen LogP contribution in [0.5, 0.6) is 5.75 Å². The SMILES string of the molecule is CN1CCN(CCOc2cccc(C(C)(C)C(=O)NC3C4CC5CC(C4)CC3C5)c2)CC1. The molecule has 0 spiro atoms. The Bertz CT molecular complexity index is 787. The van der Waals surface area contributed by atoms with E-state index >= 15 is 0 Å². The Morgan fingerprint density at radius 1 is 1.03 bits per heavy atom. The fourth-order valence-electron chi connectivity index (χ4n) is 6.96. The van der Waals surface area contributed by atoms with Crippen LogP contribution in [0.1, 0.15) is 51.5 Å². The van der Waals surface area contributed by atoms with E-state index in [1.165, 1.54) is 32.1 Å². The van der Waals surface area contributed by atoms with E-state index in [0.29, 0.717) is 24.5 Å². The number of hydrogen-bond donors (Lipinski definition) is 1. The minimum absolute atomic E-state index is 0.171. The van der Waals surface area contributed by atoms with Gasteiger partial charge in [0, 0.05) is 38.8 Å². The van der Waals surface area contributed by atoms with E-state index in [0.717, 1.165) is 55.9 Å². The molecule has 1 aromatic carbocycles. The third-order valence-electron chi connectivity index (χ3n) is 8.92. The highest BCUT2D eigenvalue weighted by Gasteiger charge is 2.49. The summed E-state index contributed by atoms with van der Waals surface area (Å²) in [5.74, 6) is 4.30. The number of hydrogen-bond acceptors (Lipinski definition) is 4. The van der Waals surface area contributed by atoms with Crippen molar-refractivity contribution in [3.05, 3.63) is 29.8 Å². The van der Waals surface area contributed by atoms with Crippen molar-refractivity contribution in [2.24, 2.45) is 23.7 Å². The second-order valence-electron chi connectivity index (χ2n) is 11.6. The molecule has 5 fully saturated rings. The number of amides is 1. The highest BCUT2D eigenvalue weighted by Crippen LogP contribution is 2.53. The number of benzene rings is 1. The van der Waals surface area contributed by atoms with Crippen LogP contribution in [0.2, 0.25) is 0 Å². The van der Waals surface area contributed by atoms with Crippen molar-refractivity contribution in [3.63, 3.8) is 0 Å². The summed E-state index contributed by atoms with van der Waals surface area (Å²) in [6.45, 7) is 10.2. The van der Waals surface area contributed by atoms with Gasteiger partial charge in [0.2, 0.25) is 5.91 Å². The Hall–Kier alpha value is -1.59. The smallest absolute Gasteiger partial charge is 0.230 e. The summed E-state index contributed by atoms with van der Waals surface area (Å²) in [6.07, 6.45) is 6.76. The van der Waals surface area contributed by atoms with Crippen molar-refractivity contribution >= 4 is 5.91 Å². The molecule has 6 rings (SSSR count). The number of nitrogens with zero attached hydrogens (tertiary/aromatic N) is 2. The summed E-state index contributed by atoms with van der Waals surface area (Å²) < 4.78 is 6.09. The third-order valence-corrected chi connectivity index (χ3v) is 8.92. The zero-order chi connectivity index (χ0) is 22.3. The van der Waals surface area contributed by atoms with E-state index in [1.54, 1.807) is 0 Å². The summed E-state index contributed by atoms with van der Waals surface area (Å²) >= 11 is 0. The first-order valence-corrected chi connectivity index (χ1v) is 12.8. The molecule has 1 aliphatic heterocycles. The fourth-order valence-corrected chi connectivity index (χ4v) is 6.96. The predicted molar refractivity (Wildman–Crippen MR) is 128 cm³/mol. The molecule has 0 atom stereocenters. The molecule has 5 nitrogen and oxygen atoms in total. The maximum Gasteiger partial charge on any atom is 0.230 e. The van der Waals surface area contributed by atoms with E-state index < -0.39 is 5.41 Å². The first-order valence-electron chi connectivity index (χ1n) is 12.8. The average Bonchev–Trinajstić information content (AvgIpc) is 2.77. The second kappa shape index (κ2) is 8.98. The molecule has 1 N–H and O–H groups in total. The number of nitrogens with one attached hydrogen (secondary N) is 1. The monoisotopic (exact) mass is 439 g/mol. The molecule has 5 aliphatic rings. The molecule has 176 valence electrons. The molecular formula is C27H41N3O2. The van der Waals surface area contributed by atoms with Crippen molar-refractivity contribution in [2.45, 2.75) is 57.4 Å². The van der Waals surface area contributed by atoms with Gasteiger partial charge >= 0.3 is 0 Å². The Balaban J connectivity index is 1.18. The highest BCUT2D eigenvalue weighted by molar-refractivity contribution is 5.87. The van der Waals surface area contributed by atoms with E-state index in [9.17, 15) is 4.79 Å². The van der Waals surface area contributed by atoms with Crippen molar-refractivity contribution in [1.82, 2.24) is 15.1 Å². The van der Waals surface area contributed by atoms with Crippen LogP contribution in [0.15, 0.2) is 24.3 Å². The Morgan fingerprint density at radius 2 is 1.69 bits per heavy atom. The lowest BCUT2D eigenvalue weighted by Crippen LogP contribution is -2.58. The Kier molecular flexibility index (Phi) is 6.23. The first kappa shape index (κ1) is 22.2. The van der Waals surface area contributed by atoms with Crippen LogP contribution in [0.3, 0.4) is 0 Å². The number of carbonyl (C=O) groups excluding carboxylic acids is 1. The Labute approximate surface area is 193 Å². The molecule has 1 saturated heterocycles. The van der Waals surface area contributed by atoms with Gasteiger partial charge in [-0.25, -0.2) is 0 Å². The number of piperazine rings is 1. The van der Waals surface area contributed by atoms with Crippen LogP contribution in [0.4, 0.5) is 0 Å². The van der Waals surface area contributed by atoms with E-state index in [1.807, 2.05) is 12.1 Å². The maximum atomic E-state index is 13.5. The number of rotatable bonds is 7. The lowest BCUT2D eigenvalue weighted by Gasteiger charge is -2.54. The summed E-state index contributed by atoms with van der Waals surface area (Å²) in [7, 11) is 2.18. The summed E-state index contributed by atoms with van der Waals surface area (Å²) in [5, 5.41) is 3.52. The van der Waals surface area contributed by atoms with Crippen molar-refractivity contribution < 1.29 is 9.53 Å². The minimum Gasteiger partial charge on any atom is -0.492 e. The van der Waals surface area contributed by atoms with Gasteiger partial charge in [-0.15, -0.1) is 0 Å². The van der Waals surface area contributed by atoms with Gasteiger partial charge in [-0.05, 0) is 94.4 Å². The molecule has 1 amide bonds. The first-order chi connectivity index (χ1) is 15.4. The Morgan fingerprint density at radius 3 is 2.34 bits per heavy atom. The maximum absolute atomic E-state index is 13.5. The molecule has 0 aromatic heterocycles. The highest BCUT2D eigenvalue weighted by atomic mass is 16.5. The minimum atomic E-state index is -0.564. The molecule has 0 unspecified atom stereocenters. The van der Waals surface area contributed by atoms with Crippen molar-refractivity contribution in [1.29, 1.82) is 0 Å². The van der Waals surface area contributed by atoms with Gasteiger partial charge in [-0.1, -0.05) is 12.1 Å². The summed E-state index contributed by atoms with van der Waals surface area (Å²) in [4.78, 5) is 18.3. The van der Waals surface area contributed by atoms with Crippen LogP contribution in [0.25, 0.3) is 0 Å². The zero-order valence-electron chi connectivity index (χ0n) is 20.2. The summed E-state index contributed by atoms with van der Waals surface area (Å²) in [6, 6.07) is 8.57. The van der Waals surface area contributed by atoms with E-state index in [2.05, 4.69) is 48.1 Å². The van der Waals surface area contributed by atoms with Gasteiger partial charge in [0.15, 0.2) is 0 Å². The standard InChI is InChI=1S/C27H41N3O2/c1-27(2,26(31)28-25-21-14-19-13-20(16-21)17-22(25)15-19)23-5-4-6-24(18-23)32-12-11-30-9-7-29(3)8-10-30/h4-6,18-22,25H,7-17H2,1-3H3,(H,28,31). The van der Waals surface area contributed by atoms with E-state index in [4.69, 9.17) is 4.74 Å². The topological polar surface area (TPSA) is 44.8 Å². The number of carbonyl (C=O) groups is 1. The third kappa shape index (κ3) is 4.56. The van der Waals surface area contributed by atoms with Crippen molar-refractivity contribution in [2.75, 3.05) is 46.4 Å². The molecule has 4 bridgehead atoms. The van der Waals surface area contributed by atoms with Gasteiger partial charge in [-0.2, -0.15) is 0 Å². The molecule has 32 heavy (non-hydrogen) atoms. The normalized spacial score (nSPS) is 32.8. The largest absolute Gasteiger partial charge is 0.492 e. The quantitative estimate of drug-likeness (QED) is 0.706. The van der Waals surface area contributed by atoms with Crippen LogP contribution >= 0.6 is 0 Å². The number of likely N-dealkylation sites (N-methyl/N-ethyl adjacent to an activating group) is 1. The van der Waals surface area contributed by atoms with Crippen LogP contribution < -0.4 is 10.1 Å². The fraction of sp³-hybridized carbons (Fsp3) is 0.741. The summed E-state index contributed by atoms with van der Waals surface area (Å²) in [5.41, 5.74) is 0.474.